The normalized spacial score (nSPS) is 13.2. The highest BCUT2D eigenvalue weighted by atomic mass is 16.5. The molecule has 0 bridgehead atoms. The molecule has 0 saturated carbocycles. The Bertz CT molecular complexity index is 98.9. The lowest BCUT2D eigenvalue weighted by Gasteiger charge is -2.14. The maximum absolute atomic E-state index is 5.21. The van der Waals surface area contributed by atoms with Gasteiger partial charge in [0.1, 0.15) is 0 Å². The molecule has 0 saturated heterocycles. The van der Waals surface area contributed by atoms with E-state index in [9.17, 15) is 0 Å². The molecule has 0 heterocycles. The molecule has 0 aliphatic carbocycles. The molecule has 0 fully saturated rings. The van der Waals surface area contributed by atoms with E-state index < -0.39 is 0 Å². The minimum absolute atomic E-state index is 0.187. The van der Waals surface area contributed by atoms with Crippen molar-refractivity contribution >= 4 is 0 Å². The predicted octanol–water partition coefficient (Wildman–Crippen LogP) is 1.43. The summed E-state index contributed by atoms with van der Waals surface area (Å²) in [4.78, 5) is 0. The van der Waals surface area contributed by atoms with E-state index in [2.05, 4.69) is 12.2 Å². The molecular formula is C10H23NO2. The summed E-state index contributed by atoms with van der Waals surface area (Å²) in [6, 6.07) is 0. The van der Waals surface area contributed by atoms with Crippen molar-refractivity contribution in [1.29, 1.82) is 0 Å². The van der Waals surface area contributed by atoms with Crippen molar-refractivity contribution in [3.63, 3.8) is 0 Å². The fourth-order valence-electron chi connectivity index (χ4n) is 1.16. The van der Waals surface area contributed by atoms with Gasteiger partial charge in [0, 0.05) is 20.8 Å². The summed E-state index contributed by atoms with van der Waals surface area (Å²) in [6.45, 7) is 4.84. The fourth-order valence-corrected chi connectivity index (χ4v) is 1.16. The highest BCUT2D eigenvalue weighted by Gasteiger charge is 2.04. The molecule has 80 valence electrons. The van der Waals surface area contributed by atoms with E-state index in [-0.39, 0.29) is 6.10 Å². The number of rotatable bonds is 9. The lowest BCUT2D eigenvalue weighted by atomic mass is 10.2. The molecule has 1 atom stereocenters. The second kappa shape index (κ2) is 9.96. The quantitative estimate of drug-likeness (QED) is 0.557. The maximum Gasteiger partial charge on any atom is 0.0928 e. The molecule has 0 aliphatic rings. The van der Waals surface area contributed by atoms with Crippen LogP contribution in [-0.4, -0.2) is 40.0 Å². The molecule has 0 aromatic rings. The van der Waals surface area contributed by atoms with E-state index in [1.54, 1.807) is 14.2 Å². The monoisotopic (exact) mass is 189 g/mol. The highest BCUT2D eigenvalue weighted by molar-refractivity contribution is 4.59. The number of hydrogen-bond acceptors (Lipinski definition) is 3. The zero-order valence-electron chi connectivity index (χ0n) is 9.14. The molecule has 3 heteroatoms. The summed E-state index contributed by atoms with van der Waals surface area (Å²) in [5.74, 6) is 0. The average molecular weight is 189 g/mol. The van der Waals surface area contributed by atoms with Crippen molar-refractivity contribution in [1.82, 2.24) is 5.32 Å². The third-order valence-corrected chi connectivity index (χ3v) is 2.02. The van der Waals surface area contributed by atoms with Gasteiger partial charge in [-0.3, -0.25) is 0 Å². The molecule has 13 heavy (non-hydrogen) atoms. The number of methoxy groups -OCH3 is 2. The van der Waals surface area contributed by atoms with Crippen molar-refractivity contribution in [3.8, 4) is 0 Å². The SMILES string of the molecule is CCCCCNCC(COC)OC. The number of unbranched alkanes of at least 4 members (excludes halogenated alkanes) is 2. The van der Waals surface area contributed by atoms with Crippen LogP contribution in [0, 0.1) is 0 Å². The minimum Gasteiger partial charge on any atom is -0.382 e. The molecule has 1 unspecified atom stereocenters. The summed E-state index contributed by atoms with van der Waals surface area (Å²) in [6.07, 6.45) is 4.01. The zero-order chi connectivity index (χ0) is 9.94. The first-order valence-corrected chi connectivity index (χ1v) is 5.07. The molecule has 1 N–H and O–H groups in total. The predicted molar refractivity (Wildman–Crippen MR) is 55.1 cm³/mol. The summed E-state index contributed by atoms with van der Waals surface area (Å²) >= 11 is 0. The van der Waals surface area contributed by atoms with Crippen LogP contribution < -0.4 is 5.32 Å². The molecule has 0 aliphatic heterocycles. The van der Waals surface area contributed by atoms with Gasteiger partial charge < -0.3 is 14.8 Å². The van der Waals surface area contributed by atoms with Crippen LogP contribution in [0.4, 0.5) is 0 Å². The Morgan fingerprint density at radius 2 is 2.00 bits per heavy atom. The first kappa shape index (κ1) is 12.9. The van der Waals surface area contributed by atoms with Crippen LogP contribution >= 0.6 is 0 Å². The van der Waals surface area contributed by atoms with Crippen LogP contribution in [0.1, 0.15) is 26.2 Å². The highest BCUT2D eigenvalue weighted by Crippen LogP contribution is 1.92. The van der Waals surface area contributed by atoms with Crippen LogP contribution in [0.3, 0.4) is 0 Å². The van der Waals surface area contributed by atoms with Gasteiger partial charge in [0.15, 0.2) is 0 Å². The number of hydrogen-bond donors (Lipinski definition) is 1. The van der Waals surface area contributed by atoms with E-state index in [1.165, 1.54) is 19.3 Å². The Hall–Kier alpha value is -0.120. The smallest absolute Gasteiger partial charge is 0.0928 e. The van der Waals surface area contributed by atoms with Crippen LogP contribution in [0.25, 0.3) is 0 Å². The average Bonchev–Trinajstić information content (AvgIpc) is 2.16. The van der Waals surface area contributed by atoms with Gasteiger partial charge in [-0.1, -0.05) is 19.8 Å². The van der Waals surface area contributed by atoms with Crippen LogP contribution in [0.5, 0.6) is 0 Å². The largest absolute Gasteiger partial charge is 0.382 e. The number of ether oxygens (including phenoxy) is 2. The fraction of sp³-hybridized carbons (Fsp3) is 1.00. The lowest BCUT2D eigenvalue weighted by molar-refractivity contribution is 0.0290. The maximum atomic E-state index is 5.21. The van der Waals surface area contributed by atoms with E-state index in [1.807, 2.05) is 0 Å². The second-order valence-corrected chi connectivity index (χ2v) is 3.22. The Balaban J connectivity index is 3.17. The van der Waals surface area contributed by atoms with Gasteiger partial charge in [0.25, 0.3) is 0 Å². The molecule has 0 radical (unpaired) electrons. The van der Waals surface area contributed by atoms with Gasteiger partial charge in [0.05, 0.1) is 12.7 Å². The second-order valence-electron chi connectivity index (χ2n) is 3.22. The Morgan fingerprint density at radius 1 is 1.23 bits per heavy atom. The van der Waals surface area contributed by atoms with Crippen LogP contribution in [0.15, 0.2) is 0 Å². The summed E-state index contributed by atoms with van der Waals surface area (Å²) < 4.78 is 10.2. The summed E-state index contributed by atoms with van der Waals surface area (Å²) in [5, 5.41) is 3.35. The van der Waals surface area contributed by atoms with Crippen molar-refractivity contribution in [2.75, 3.05) is 33.9 Å². The lowest BCUT2D eigenvalue weighted by Crippen LogP contribution is -2.32. The van der Waals surface area contributed by atoms with Crippen molar-refractivity contribution in [3.05, 3.63) is 0 Å². The first-order chi connectivity index (χ1) is 6.35. The van der Waals surface area contributed by atoms with Crippen LogP contribution in [0.2, 0.25) is 0 Å². The Kier molecular flexibility index (Phi) is 9.87. The van der Waals surface area contributed by atoms with Gasteiger partial charge in [-0.05, 0) is 13.0 Å². The molecule has 0 spiro atoms. The van der Waals surface area contributed by atoms with E-state index in [0.29, 0.717) is 6.61 Å². The topological polar surface area (TPSA) is 30.5 Å². The first-order valence-electron chi connectivity index (χ1n) is 5.07. The van der Waals surface area contributed by atoms with E-state index >= 15 is 0 Å². The minimum atomic E-state index is 0.187. The zero-order valence-corrected chi connectivity index (χ0v) is 9.14. The van der Waals surface area contributed by atoms with Crippen molar-refractivity contribution in [2.45, 2.75) is 32.3 Å². The Labute approximate surface area is 81.8 Å². The summed E-state index contributed by atoms with van der Waals surface area (Å²) in [5.41, 5.74) is 0. The molecular weight excluding hydrogens is 166 g/mol. The van der Waals surface area contributed by atoms with Gasteiger partial charge in [-0.2, -0.15) is 0 Å². The third-order valence-electron chi connectivity index (χ3n) is 2.02. The van der Waals surface area contributed by atoms with Crippen molar-refractivity contribution < 1.29 is 9.47 Å². The Morgan fingerprint density at radius 3 is 2.54 bits per heavy atom. The third kappa shape index (κ3) is 8.22. The van der Waals surface area contributed by atoms with Gasteiger partial charge in [-0.25, -0.2) is 0 Å². The van der Waals surface area contributed by atoms with Gasteiger partial charge in [-0.15, -0.1) is 0 Å². The standard InChI is InChI=1S/C10H23NO2/c1-4-5-6-7-11-8-10(13-3)9-12-2/h10-11H,4-9H2,1-3H3. The van der Waals surface area contributed by atoms with Crippen molar-refractivity contribution in [2.24, 2.45) is 0 Å². The van der Waals surface area contributed by atoms with Crippen LogP contribution in [-0.2, 0) is 9.47 Å². The molecule has 3 nitrogen and oxygen atoms in total. The number of nitrogens with one attached hydrogen (secondary N) is 1. The van der Waals surface area contributed by atoms with Gasteiger partial charge in [0.2, 0.25) is 0 Å². The van der Waals surface area contributed by atoms with E-state index in [4.69, 9.17) is 9.47 Å². The summed E-state index contributed by atoms with van der Waals surface area (Å²) in [7, 11) is 3.42. The molecule has 0 amide bonds. The van der Waals surface area contributed by atoms with Gasteiger partial charge >= 0.3 is 0 Å². The molecule has 0 aromatic carbocycles. The molecule has 0 aromatic heterocycles. The molecule has 0 rings (SSSR count). The van der Waals surface area contributed by atoms with E-state index in [0.717, 1.165) is 13.1 Å².